The van der Waals surface area contributed by atoms with Gasteiger partial charge in [-0.25, -0.2) is 0 Å². The SMILES string of the molecule is Cc1ccc(CSc2nnc(N3C(=O)C(O)=C(C(=O)c4ccc(C)o4)[C@@H]3c3cccnc3)s2)cc1. The van der Waals surface area contributed by atoms with Crippen LogP contribution in [0, 0.1) is 13.8 Å². The Morgan fingerprint density at radius 2 is 1.94 bits per heavy atom. The van der Waals surface area contributed by atoms with Crippen LogP contribution in [0.15, 0.2) is 81.0 Å². The number of aryl methyl sites for hydroxylation is 2. The third kappa shape index (κ3) is 4.50. The molecule has 0 unspecified atom stereocenters. The summed E-state index contributed by atoms with van der Waals surface area (Å²) in [7, 11) is 0. The second-order valence-corrected chi connectivity index (χ2v) is 10.2. The molecule has 0 aliphatic carbocycles. The molecule has 1 atom stereocenters. The normalized spacial score (nSPS) is 15.8. The molecule has 1 aliphatic heterocycles. The molecule has 5 rings (SSSR count). The Balaban J connectivity index is 1.47. The minimum absolute atomic E-state index is 0.0409. The molecule has 0 spiro atoms. The van der Waals surface area contributed by atoms with E-state index >= 15 is 0 Å². The van der Waals surface area contributed by atoms with Crippen molar-refractivity contribution in [2.75, 3.05) is 4.90 Å². The Labute approximate surface area is 209 Å². The molecule has 1 aliphatic rings. The van der Waals surface area contributed by atoms with Crippen LogP contribution in [0.25, 0.3) is 0 Å². The van der Waals surface area contributed by atoms with Crippen molar-refractivity contribution in [2.45, 2.75) is 30.0 Å². The van der Waals surface area contributed by atoms with E-state index in [1.165, 1.54) is 39.6 Å². The zero-order chi connectivity index (χ0) is 24.5. The van der Waals surface area contributed by atoms with Gasteiger partial charge in [-0.3, -0.25) is 19.5 Å². The summed E-state index contributed by atoms with van der Waals surface area (Å²) in [5.41, 5.74) is 2.80. The molecule has 0 radical (unpaired) electrons. The highest BCUT2D eigenvalue weighted by molar-refractivity contribution is 8.00. The minimum atomic E-state index is -0.919. The van der Waals surface area contributed by atoms with Crippen LogP contribution in [0.3, 0.4) is 0 Å². The third-order valence-electron chi connectivity index (χ3n) is 5.50. The van der Waals surface area contributed by atoms with Gasteiger partial charge in [0.2, 0.25) is 10.9 Å². The zero-order valence-corrected chi connectivity index (χ0v) is 20.5. The monoisotopic (exact) mass is 504 g/mol. The molecular formula is C25H20N4O4S2. The van der Waals surface area contributed by atoms with Crippen molar-refractivity contribution in [1.82, 2.24) is 15.2 Å². The number of benzene rings is 1. The molecule has 176 valence electrons. The summed E-state index contributed by atoms with van der Waals surface area (Å²) in [6.45, 7) is 3.75. The van der Waals surface area contributed by atoms with Gasteiger partial charge in [-0.05, 0) is 43.2 Å². The second kappa shape index (κ2) is 9.47. The first kappa shape index (κ1) is 23.0. The lowest BCUT2D eigenvalue weighted by Gasteiger charge is -2.23. The maximum Gasteiger partial charge on any atom is 0.296 e. The number of ketones is 1. The Hall–Kier alpha value is -3.76. The van der Waals surface area contributed by atoms with Crippen LogP contribution < -0.4 is 4.90 Å². The van der Waals surface area contributed by atoms with E-state index in [1.807, 2.05) is 6.92 Å². The molecule has 35 heavy (non-hydrogen) atoms. The fourth-order valence-electron chi connectivity index (χ4n) is 3.76. The largest absolute Gasteiger partial charge is 0.503 e. The number of aliphatic hydroxyl groups excluding tert-OH is 1. The van der Waals surface area contributed by atoms with Gasteiger partial charge in [-0.2, -0.15) is 0 Å². The molecule has 8 nitrogen and oxygen atoms in total. The molecule has 4 heterocycles. The van der Waals surface area contributed by atoms with E-state index in [2.05, 4.69) is 39.4 Å². The number of thioether (sulfide) groups is 1. The Morgan fingerprint density at radius 3 is 2.63 bits per heavy atom. The van der Waals surface area contributed by atoms with Crippen molar-refractivity contribution in [2.24, 2.45) is 0 Å². The summed E-state index contributed by atoms with van der Waals surface area (Å²) < 4.78 is 6.15. The molecule has 0 bridgehead atoms. The van der Waals surface area contributed by atoms with Crippen LogP contribution in [0.1, 0.15) is 39.0 Å². The average molecular weight is 505 g/mol. The van der Waals surface area contributed by atoms with Crippen LogP contribution in [0.2, 0.25) is 0 Å². The van der Waals surface area contributed by atoms with Crippen molar-refractivity contribution in [3.63, 3.8) is 0 Å². The molecule has 10 heteroatoms. The van der Waals surface area contributed by atoms with Gasteiger partial charge in [0.1, 0.15) is 5.76 Å². The minimum Gasteiger partial charge on any atom is -0.503 e. The zero-order valence-electron chi connectivity index (χ0n) is 18.8. The van der Waals surface area contributed by atoms with Gasteiger partial charge in [0.05, 0.1) is 11.6 Å². The van der Waals surface area contributed by atoms with Crippen LogP contribution in [-0.2, 0) is 10.5 Å². The van der Waals surface area contributed by atoms with Crippen molar-refractivity contribution in [3.8, 4) is 0 Å². The number of carbonyl (C=O) groups excluding carboxylic acids is 2. The number of rotatable bonds is 7. The number of Topliss-reactive ketones (excluding diaryl/α,β-unsaturated/α-hetero) is 1. The highest BCUT2D eigenvalue weighted by Crippen LogP contribution is 2.43. The lowest BCUT2D eigenvalue weighted by Crippen LogP contribution is -2.31. The summed E-state index contributed by atoms with van der Waals surface area (Å²) in [5.74, 6) is -0.649. The molecule has 0 fully saturated rings. The van der Waals surface area contributed by atoms with Crippen molar-refractivity contribution >= 4 is 39.9 Å². The standard InChI is InChI=1S/C25H20N4O4S2/c1-14-5-8-16(9-6-14)13-34-25-28-27-24(35-25)29-20(17-4-3-11-26-12-17)19(22(31)23(29)32)21(30)18-10-7-15(2)33-18/h3-12,20,31H,13H2,1-2H3/t20-/m0/s1. The van der Waals surface area contributed by atoms with Crippen LogP contribution in [0.5, 0.6) is 0 Å². The summed E-state index contributed by atoms with van der Waals surface area (Å²) >= 11 is 2.72. The fraction of sp³-hybridized carbons (Fsp3) is 0.160. The Morgan fingerprint density at radius 1 is 1.14 bits per heavy atom. The fourth-order valence-corrected chi connectivity index (χ4v) is 5.59. The molecule has 1 amide bonds. The highest BCUT2D eigenvalue weighted by atomic mass is 32.2. The van der Waals surface area contributed by atoms with Crippen molar-refractivity contribution in [3.05, 3.63) is 100 Å². The van der Waals surface area contributed by atoms with Gasteiger partial charge in [0.15, 0.2) is 15.9 Å². The first-order valence-electron chi connectivity index (χ1n) is 10.7. The quantitative estimate of drug-likeness (QED) is 0.207. The van der Waals surface area contributed by atoms with E-state index in [0.29, 0.717) is 21.4 Å². The number of aliphatic hydroxyl groups is 1. The molecule has 1 N–H and O–H groups in total. The summed E-state index contributed by atoms with van der Waals surface area (Å²) in [6, 6.07) is 13.9. The predicted octanol–water partition coefficient (Wildman–Crippen LogP) is 5.22. The topological polar surface area (TPSA) is 109 Å². The van der Waals surface area contributed by atoms with Gasteiger partial charge < -0.3 is 9.52 Å². The van der Waals surface area contributed by atoms with Crippen LogP contribution in [-0.4, -0.2) is 32.0 Å². The second-order valence-electron chi connectivity index (χ2n) is 7.99. The predicted molar refractivity (Wildman–Crippen MR) is 133 cm³/mol. The Bertz CT molecular complexity index is 1430. The number of amides is 1. The van der Waals surface area contributed by atoms with E-state index in [4.69, 9.17) is 4.42 Å². The third-order valence-corrected chi connectivity index (χ3v) is 7.63. The molecule has 3 aromatic heterocycles. The number of anilines is 1. The van der Waals surface area contributed by atoms with Gasteiger partial charge in [-0.1, -0.05) is 59.0 Å². The molecule has 1 aromatic carbocycles. The molecular weight excluding hydrogens is 484 g/mol. The van der Waals surface area contributed by atoms with Crippen molar-refractivity contribution in [1.29, 1.82) is 0 Å². The van der Waals surface area contributed by atoms with Gasteiger partial charge in [0.25, 0.3) is 5.91 Å². The van der Waals surface area contributed by atoms with Gasteiger partial charge in [0, 0.05) is 18.1 Å². The lowest BCUT2D eigenvalue weighted by atomic mass is 9.96. The van der Waals surface area contributed by atoms with E-state index in [9.17, 15) is 14.7 Å². The van der Waals surface area contributed by atoms with E-state index in [0.717, 1.165) is 5.56 Å². The van der Waals surface area contributed by atoms with Crippen LogP contribution >= 0.6 is 23.1 Å². The highest BCUT2D eigenvalue weighted by Gasteiger charge is 2.46. The van der Waals surface area contributed by atoms with Crippen molar-refractivity contribution < 1.29 is 19.1 Å². The maximum absolute atomic E-state index is 13.3. The molecule has 0 saturated carbocycles. The van der Waals surface area contributed by atoms with Gasteiger partial charge >= 0.3 is 0 Å². The van der Waals surface area contributed by atoms with E-state index in [1.54, 1.807) is 37.5 Å². The first-order chi connectivity index (χ1) is 16.9. The van der Waals surface area contributed by atoms with E-state index < -0.39 is 23.5 Å². The molecule has 0 saturated heterocycles. The average Bonchev–Trinajstić information content (AvgIpc) is 3.57. The van der Waals surface area contributed by atoms with Gasteiger partial charge in [-0.15, -0.1) is 10.2 Å². The Kier molecular flexibility index (Phi) is 6.23. The number of nitrogens with zero attached hydrogens (tertiary/aromatic N) is 4. The summed E-state index contributed by atoms with van der Waals surface area (Å²) in [6.07, 6.45) is 3.15. The number of hydrogen-bond donors (Lipinski definition) is 1. The van der Waals surface area contributed by atoms with E-state index in [-0.39, 0.29) is 16.5 Å². The number of furan rings is 1. The smallest absolute Gasteiger partial charge is 0.296 e. The number of carbonyl (C=O) groups is 2. The van der Waals surface area contributed by atoms with Crippen LogP contribution in [0.4, 0.5) is 5.13 Å². The number of hydrogen-bond acceptors (Lipinski definition) is 9. The number of pyridine rings is 1. The maximum atomic E-state index is 13.3. The number of aromatic nitrogens is 3. The summed E-state index contributed by atoms with van der Waals surface area (Å²) in [5, 5.41) is 19.5. The summed E-state index contributed by atoms with van der Waals surface area (Å²) in [4.78, 5) is 32.0. The first-order valence-corrected chi connectivity index (χ1v) is 12.5. The molecule has 4 aromatic rings. The lowest BCUT2D eigenvalue weighted by molar-refractivity contribution is -0.117.